The van der Waals surface area contributed by atoms with E-state index in [4.69, 9.17) is 9.47 Å². The fourth-order valence-corrected chi connectivity index (χ4v) is 4.68. The number of amides is 3. The van der Waals surface area contributed by atoms with Crippen LogP contribution in [0.3, 0.4) is 0 Å². The van der Waals surface area contributed by atoms with Gasteiger partial charge in [0.2, 0.25) is 5.91 Å². The highest BCUT2D eigenvalue weighted by Crippen LogP contribution is 2.29. The van der Waals surface area contributed by atoms with Crippen LogP contribution in [0, 0.1) is 11.3 Å². The van der Waals surface area contributed by atoms with E-state index in [-0.39, 0.29) is 36.6 Å². The predicted octanol–water partition coefficient (Wildman–Crippen LogP) is 1.71. The molecule has 0 aromatic carbocycles. The Bertz CT molecular complexity index is 1250. The average Bonchev–Trinajstić information content (AvgIpc) is 3.42. The van der Waals surface area contributed by atoms with E-state index in [2.05, 4.69) is 26.7 Å². The number of hydrogen-bond donors (Lipinski definition) is 2. The number of carbonyl (C=O) groups is 3. The highest BCUT2D eigenvalue weighted by atomic mass is 16.5. The summed E-state index contributed by atoms with van der Waals surface area (Å²) in [6.45, 7) is 2.81. The molecule has 2 N–H and O–H groups in total. The van der Waals surface area contributed by atoms with E-state index >= 15 is 0 Å². The maximum atomic E-state index is 13.3. The van der Waals surface area contributed by atoms with Crippen molar-refractivity contribution in [1.29, 1.82) is 5.26 Å². The summed E-state index contributed by atoms with van der Waals surface area (Å²) in [4.78, 5) is 49.2. The van der Waals surface area contributed by atoms with Gasteiger partial charge in [-0.3, -0.25) is 19.8 Å². The van der Waals surface area contributed by atoms with Crippen molar-refractivity contribution >= 4 is 35.5 Å². The lowest BCUT2D eigenvalue weighted by Crippen LogP contribution is -2.42. The normalized spacial score (nSPS) is 19.2. The van der Waals surface area contributed by atoms with Gasteiger partial charge in [-0.2, -0.15) is 5.26 Å². The molecule has 2 aromatic rings. The molecule has 12 heteroatoms. The highest BCUT2D eigenvalue weighted by molar-refractivity contribution is 6.02. The number of carbonyl (C=O) groups excluding carboxylic acids is 3. The summed E-state index contributed by atoms with van der Waals surface area (Å²) >= 11 is 0. The van der Waals surface area contributed by atoms with Gasteiger partial charge in [0.25, 0.3) is 0 Å². The number of fused-ring (bicyclic) bond motifs is 1. The molecule has 2 aromatic heterocycles. The molecule has 37 heavy (non-hydrogen) atoms. The number of urea groups is 1. The van der Waals surface area contributed by atoms with Gasteiger partial charge in [-0.25, -0.2) is 14.8 Å². The third kappa shape index (κ3) is 5.37. The van der Waals surface area contributed by atoms with E-state index in [0.717, 1.165) is 12.0 Å². The molecule has 1 unspecified atom stereocenters. The maximum Gasteiger partial charge on any atom is 0.328 e. The van der Waals surface area contributed by atoms with E-state index in [1.165, 1.54) is 11.1 Å². The topological polar surface area (TPSA) is 150 Å². The molecule has 2 fully saturated rings. The summed E-state index contributed by atoms with van der Waals surface area (Å²) in [5, 5.41) is 15.5. The molecule has 0 radical (unpaired) electrons. The minimum atomic E-state index is -0.436. The molecule has 5 heterocycles. The van der Waals surface area contributed by atoms with Crippen LogP contribution in [-0.2, 0) is 27.2 Å². The first-order chi connectivity index (χ1) is 18.1. The molecule has 192 valence electrons. The number of rotatable bonds is 6. The van der Waals surface area contributed by atoms with E-state index in [0.29, 0.717) is 74.7 Å². The molecule has 0 spiro atoms. The van der Waals surface area contributed by atoms with E-state index in [1.807, 2.05) is 6.07 Å². The van der Waals surface area contributed by atoms with Crippen LogP contribution in [0.5, 0.6) is 0 Å². The van der Waals surface area contributed by atoms with Gasteiger partial charge >= 0.3 is 6.03 Å². The van der Waals surface area contributed by atoms with E-state index in [9.17, 15) is 19.6 Å². The lowest BCUT2D eigenvalue weighted by Gasteiger charge is -2.30. The number of aryl methyl sites for hydroxylation is 1. The van der Waals surface area contributed by atoms with Crippen LogP contribution in [-0.4, -0.2) is 78.7 Å². The number of ether oxygens (including phenoxy) is 2. The molecular formula is C25H27N7O5. The molecule has 3 aliphatic rings. The Hall–Kier alpha value is -4.08. The van der Waals surface area contributed by atoms with Crippen molar-refractivity contribution in [2.24, 2.45) is 0 Å². The Labute approximate surface area is 213 Å². The largest absolute Gasteiger partial charge is 0.379 e. The van der Waals surface area contributed by atoms with Crippen LogP contribution >= 0.6 is 0 Å². The zero-order chi connectivity index (χ0) is 25.8. The lowest BCUT2D eigenvalue weighted by atomic mass is 10.0. The third-order valence-corrected chi connectivity index (χ3v) is 6.63. The Morgan fingerprint density at radius 3 is 2.92 bits per heavy atom. The number of anilines is 3. The van der Waals surface area contributed by atoms with Crippen LogP contribution in [0.15, 0.2) is 18.3 Å². The van der Waals surface area contributed by atoms with Crippen molar-refractivity contribution in [3.05, 3.63) is 40.7 Å². The Morgan fingerprint density at radius 1 is 1.27 bits per heavy atom. The van der Waals surface area contributed by atoms with Crippen molar-refractivity contribution in [2.45, 2.75) is 31.8 Å². The minimum absolute atomic E-state index is 0.0256. The zero-order valence-electron chi connectivity index (χ0n) is 20.2. The predicted molar refractivity (Wildman–Crippen MR) is 132 cm³/mol. The van der Waals surface area contributed by atoms with Gasteiger partial charge in [0.1, 0.15) is 30.0 Å². The number of nitriles is 1. The quantitative estimate of drug-likeness (QED) is 0.559. The zero-order valence-corrected chi connectivity index (χ0v) is 20.2. The van der Waals surface area contributed by atoms with Crippen molar-refractivity contribution in [2.75, 3.05) is 55.1 Å². The first-order valence-corrected chi connectivity index (χ1v) is 12.2. The SMILES string of the molecule is N#Cc1cnc(NC(=O)N2CCCc3cc(CN4CCOCC4=O)c(C=O)nc32)cc1NC1CCOC1. The molecule has 12 nitrogen and oxygen atoms in total. The molecule has 3 amide bonds. The monoisotopic (exact) mass is 505 g/mol. The van der Waals surface area contributed by atoms with Gasteiger partial charge in [-0.05, 0) is 30.9 Å². The standard InChI is InChI=1S/C25H27N7O5/c26-10-18-11-27-22(9-20(18)28-19-3-6-36-14-19)30-25(35)32-4-1-2-16-8-17(21(13-33)29-24(16)32)12-31-5-7-37-15-23(31)34/h8-9,11,13,19H,1-7,12,14-15H2,(H2,27,28,30,35). The van der Waals surface area contributed by atoms with Crippen LogP contribution in [0.25, 0.3) is 0 Å². The average molecular weight is 506 g/mol. The second kappa shape index (κ2) is 10.9. The number of aromatic nitrogens is 2. The summed E-state index contributed by atoms with van der Waals surface area (Å²) in [6.07, 6.45) is 4.31. The van der Waals surface area contributed by atoms with Crippen molar-refractivity contribution in [3.8, 4) is 6.07 Å². The smallest absolute Gasteiger partial charge is 0.328 e. The van der Waals surface area contributed by atoms with Gasteiger partial charge in [0.15, 0.2) is 6.29 Å². The van der Waals surface area contributed by atoms with Crippen LogP contribution < -0.4 is 15.5 Å². The number of pyridine rings is 2. The van der Waals surface area contributed by atoms with Crippen LogP contribution in [0.4, 0.5) is 22.1 Å². The van der Waals surface area contributed by atoms with Gasteiger partial charge in [-0.15, -0.1) is 0 Å². The molecule has 5 rings (SSSR count). The van der Waals surface area contributed by atoms with Crippen molar-refractivity contribution in [1.82, 2.24) is 14.9 Å². The first kappa shape index (κ1) is 24.6. The third-order valence-electron chi connectivity index (χ3n) is 6.63. The summed E-state index contributed by atoms with van der Waals surface area (Å²) in [7, 11) is 0. The second-order valence-corrected chi connectivity index (χ2v) is 9.12. The van der Waals surface area contributed by atoms with Gasteiger partial charge in [0.05, 0.1) is 30.5 Å². The number of aldehydes is 1. The van der Waals surface area contributed by atoms with Crippen molar-refractivity contribution in [3.63, 3.8) is 0 Å². The summed E-state index contributed by atoms with van der Waals surface area (Å²) < 4.78 is 10.6. The number of hydrogen-bond acceptors (Lipinski definition) is 9. The summed E-state index contributed by atoms with van der Waals surface area (Å²) in [5.74, 6) is 0.569. The van der Waals surface area contributed by atoms with Gasteiger partial charge in [0, 0.05) is 44.1 Å². The Morgan fingerprint density at radius 2 is 2.16 bits per heavy atom. The molecular weight excluding hydrogens is 478 g/mol. The minimum Gasteiger partial charge on any atom is -0.379 e. The highest BCUT2D eigenvalue weighted by Gasteiger charge is 2.28. The summed E-state index contributed by atoms with van der Waals surface area (Å²) in [6, 6.07) is 5.25. The number of nitrogens with zero attached hydrogens (tertiary/aromatic N) is 5. The molecule has 3 aliphatic heterocycles. The molecule has 2 saturated heterocycles. The molecule has 0 saturated carbocycles. The maximum absolute atomic E-state index is 13.3. The molecule has 0 aliphatic carbocycles. The fraction of sp³-hybridized carbons (Fsp3) is 0.440. The van der Waals surface area contributed by atoms with Gasteiger partial charge in [-0.1, -0.05) is 0 Å². The second-order valence-electron chi connectivity index (χ2n) is 9.12. The van der Waals surface area contributed by atoms with Gasteiger partial charge < -0.3 is 19.7 Å². The molecule has 0 bridgehead atoms. The van der Waals surface area contributed by atoms with Crippen molar-refractivity contribution < 1.29 is 23.9 Å². The summed E-state index contributed by atoms with van der Waals surface area (Å²) in [5.41, 5.74) is 2.62. The fourth-order valence-electron chi connectivity index (χ4n) is 4.68. The molecule has 1 atom stereocenters. The number of nitrogens with one attached hydrogen (secondary N) is 2. The lowest BCUT2D eigenvalue weighted by molar-refractivity contribution is -0.143. The van der Waals surface area contributed by atoms with E-state index in [1.54, 1.807) is 11.0 Å². The van der Waals surface area contributed by atoms with E-state index < -0.39 is 6.03 Å². The number of morpholine rings is 1. The van der Waals surface area contributed by atoms with Crippen LogP contribution in [0.2, 0.25) is 0 Å². The Balaban J connectivity index is 1.35. The first-order valence-electron chi connectivity index (χ1n) is 12.2. The Kier molecular flexibility index (Phi) is 7.25. The van der Waals surface area contributed by atoms with Crippen LogP contribution in [0.1, 0.15) is 40.0 Å².